The lowest BCUT2D eigenvalue weighted by molar-refractivity contribution is 0.111. The number of carbonyl (C=O) groups is 1. The Hall–Kier alpha value is -1.16. The lowest BCUT2D eigenvalue weighted by Crippen LogP contribution is -1.95. The number of hydrogen-bond donors (Lipinski definition) is 0. The Morgan fingerprint density at radius 1 is 1.54 bits per heavy atom. The largest absolute Gasteiger partial charge is 0.296 e. The molecule has 0 N–H and O–H groups in total. The minimum absolute atomic E-state index is 0.613. The second-order valence-electron chi connectivity index (χ2n) is 2.79. The molecule has 4 heteroatoms. The monoisotopic (exact) mass is 238 g/mol. The van der Waals surface area contributed by atoms with Gasteiger partial charge in [0.05, 0.1) is 5.52 Å². The molecule has 0 fully saturated rings. The molecule has 0 amide bonds. The van der Waals surface area contributed by atoms with E-state index in [-0.39, 0.29) is 0 Å². The number of hydrogen-bond acceptors (Lipinski definition) is 2. The topological polar surface area (TPSA) is 34.9 Å². The van der Waals surface area contributed by atoms with Crippen LogP contribution in [-0.4, -0.2) is 16.1 Å². The average molecular weight is 239 g/mol. The molecule has 66 valence electrons. The molecular weight excluding hydrogens is 232 g/mol. The van der Waals surface area contributed by atoms with Crippen molar-refractivity contribution in [3.8, 4) is 0 Å². The van der Waals surface area contributed by atoms with Gasteiger partial charge in [-0.05, 0) is 18.2 Å². The normalized spacial score (nSPS) is 10.6. The third kappa shape index (κ3) is 1.27. The summed E-state index contributed by atoms with van der Waals surface area (Å²) in [5.74, 6) is 0. The van der Waals surface area contributed by atoms with E-state index < -0.39 is 0 Å². The van der Waals surface area contributed by atoms with E-state index in [9.17, 15) is 4.79 Å². The van der Waals surface area contributed by atoms with Gasteiger partial charge in [-0.25, -0.2) is 0 Å². The maximum Gasteiger partial charge on any atom is 0.168 e. The molecule has 0 saturated carbocycles. The van der Waals surface area contributed by atoms with Gasteiger partial charge in [0, 0.05) is 16.9 Å². The Morgan fingerprint density at radius 3 is 3.00 bits per heavy atom. The number of aldehydes is 1. The van der Waals surface area contributed by atoms with E-state index in [0.717, 1.165) is 21.7 Å². The third-order valence-electron chi connectivity index (χ3n) is 1.95. The van der Waals surface area contributed by atoms with Crippen LogP contribution in [-0.2, 0) is 7.05 Å². The number of carbonyl (C=O) groups excluding carboxylic acids is 1. The van der Waals surface area contributed by atoms with Crippen LogP contribution in [0.4, 0.5) is 0 Å². The average Bonchev–Trinajstić information content (AvgIpc) is 2.39. The summed E-state index contributed by atoms with van der Waals surface area (Å²) in [5, 5.41) is 5.09. The molecule has 13 heavy (non-hydrogen) atoms. The smallest absolute Gasteiger partial charge is 0.168 e. The molecule has 0 aliphatic carbocycles. The van der Waals surface area contributed by atoms with Gasteiger partial charge in [0.2, 0.25) is 0 Å². The second kappa shape index (κ2) is 2.96. The van der Waals surface area contributed by atoms with Crippen LogP contribution in [0.15, 0.2) is 22.7 Å². The zero-order valence-electron chi connectivity index (χ0n) is 6.99. The lowest BCUT2D eigenvalue weighted by Gasteiger charge is -1.90. The highest BCUT2D eigenvalue weighted by Gasteiger charge is 2.06. The molecule has 0 radical (unpaired) electrons. The number of benzene rings is 1. The maximum absolute atomic E-state index is 10.7. The molecule has 3 nitrogen and oxygen atoms in total. The molecule has 0 bridgehead atoms. The zero-order valence-corrected chi connectivity index (χ0v) is 8.58. The number of fused-ring (bicyclic) bond motifs is 1. The summed E-state index contributed by atoms with van der Waals surface area (Å²) in [6, 6.07) is 5.68. The minimum Gasteiger partial charge on any atom is -0.296 e. The first kappa shape index (κ1) is 8.44. The molecule has 0 unspecified atom stereocenters. The molecule has 1 aromatic heterocycles. The lowest BCUT2D eigenvalue weighted by atomic mass is 10.2. The number of rotatable bonds is 1. The minimum atomic E-state index is 0.613. The van der Waals surface area contributed by atoms with Gasteiger partial charge in [-0.15, -0.1) is 0 Å². The Bertz CT molecular complexity index is 476. The van der Waals surface area contributed by atoms with E-state index >= 15 is 0 Å². The fraction of sp³-hybridized carbons (Fsp3) is 0.111. The van der Waals surface area contributed by atoms with E-state index in [4.69, 9.17) is 0 Å². The van der Waals surface area contributed by atoms with Gasteiger partial charge < -0.3 is 0 Å². The summed E-state index contributed by atoms with van der Waals surface area (Å²) in [6.45, 7) is 0. The summed E-state index contributed by atoms with van der Waals surface area (Å²) in [7, 11) is 1.76. The molecule has 2 aromatic rings. The fourth-order valence-electron chi connectivity index (χ4n) is 1.33. The first-order chi connectivity index (χ1) is 6.22. The van der Waals surface area contributed by atoms with Crippen LogP contribution in [0.25, 0.3) is 10.9 Å². The second-order valence-corrected chi connectivity index (χ2v) is 3.70. The zero-order chi connectivity index (χ0) is 9.42. The van der Waals surface area contributed by atoms with Crippen molar-refractivity contribution in [2.45, 2.75) is 0 Å². The summed E-state index contributed by atoms with van der Waals surface area (Å²) >= 11 is 3.35. The van der Waals surface area contributed by atoms with Crippen molar-refractivity contribution in [3.63, 3.8) is 0 Å². The van der Waals surface area contributed by atoms with Crippen LogP contribution >= 0.6 is 15.9 Å². The number of nitrogens with zero attached hydrogens (tertiary/aromatic N) is 2. The van der Waals surface area contributed by atoms with Crippen molar-refractivity contribution >= 4 is 33.1 Å². The van der Waals surface area contributed by atoms with Crippen LogP contribution in [0.1, 0.15) is 10.5 Å². The number of halogens is 1. The van der Waals surface area contributed by atoms with E-state index in [1.165, 1.54) is 0 Å². The summed E-state index contributed by atoms with van der Waals surface area (Å²) in [4.78, 5) is 10.7. The third-order valence-corrected chi connectivity index (χ3v) is 2.45. The first-order valence-electron chi connectivity index (χ1n) is 3.80. The van der Waals surface area contributed by atoms with E-state index in [1.54, 1.807) is 11.7 Å². The van der Waals surface area contributed by atoms with Gasteiger partial charge in [0.15, 0.2) is 6.29 Å². The maximum atomic E-state index is 10.7. The van der Waals surface area contributed by atoms with Crippen LogP contribution < -0.4 is 0 Å². The molecule has 0 saturated heterocycles. The van der Waals surface area contributed by atoms with Crippen molar-refractivity contribution in [1.29, 1.82) is 0 Å². The van der Waals surface area contributed by atoms with Crippen molar-refractivity contribution in [2.24, 2.45) is 7.05 Å². The van der Waals surface area contributed by atoms with Crippen molar-refractivity contribution in [3.05, 3.63) is 28.4 Å². The first-order valence-corrected chi connectivity index (χ1v) is 4.59. The van der Waals surface area contributed by atoms with Gasteiger partial charge in [-0.3, -0.25) is 9.48 Å². The summed E-state index contributed by atoms with van der Waals surface area (Å²) in [5.41, 5.74) is 1.45. The van der Waals surface area contributed by atoms with Gasteiger partial charge >= 0.3 is 0 Å². The van der Waals surface area contributed by atoms with E-state index in [2.05, 4.69) is 21.0 Å². The fourth-order valence-corrected chi connectivity index (χ4v) is 1.68. The molecule has 0 aliphatic heterocycles. The van der Waals surface area contributed by atoms with Crippen LogP contribution in [0.2, 0.25) is 0 Å². The molecule has 0 atom stereocenters. The van der Waals surface area contributed by atoms with Crippen molar-refractivity contribution < 1.29 is 4.79 Å². The predicted octanol–water partition coefficient (Wildman–Crippen LogP) is 2.15. The van der Waals surface area contributed by atoms with Gasteiger partial charge in [-0.1, -0.05) is 15.9 Å². The molecule has 1 heterocycles. The summed E-state index contributed by atoms with van der Waals surface area (Å²) < 4.78 is 2.56. The SMILES string of the molecule is Cn1nc2cc(Br)ccc2c1C=O. The highest BCUT2D eigenvalue weighted by atomic mass is 79.9. The number of aryl methyl sites for hydroxylation is 1. The predicted molar refractivity (Wildman–Crippen MR) is 53.8 cm³/mol. The highest BCUT2D eigenvalue weighted by molar-refractivity contribution is 9.10. The summed E-state index contributed by atoms with van der Waals surface area (Å²) in [6.07, 6.45) is 0.823. The van der Waals surface area contributed by atoms with Crippen LogP contribution in [0.3, 0.4) is 0 Å². The van der Waals surface area contributed by atoms with E-state index in [0.29, 0.717) is 5.69 Å². The van der Waals surface area contributed by atoms with Gasteiger partial charge in [0.1, 0.15) is 5.69 Å². The molecule has 1 aromatic carbocycles. The van der Waals surface area contributed by atoms with Gasteiger partial charge in [-0.2, -0.15) is 5.10 Å². The molecule has 0 spiro atoms. The quantitative estimate of drug-likeness (QED) is 0.714. The molecular formula is C9H7BrN2O. The standard InChI is InChI=1S/C9H7BrN2O/c1-12-9(5-13)7-3-2-6(10)4-8(7)11-12/h2-5H,1H3. The van der Waals surface area contributed by atoms with Gasteiger partial charge in [0.25, 0.3) is 0 Å². The Labute approximate surface area is 83.5 Å². The molecule has 2 rings (SSSR count). The van der Waals surface area contributed by atoms with E-state index in [1.807, 2.05) is 18.2 Å². The van der Waals surface area contributed by atoms with Crippen molar-refractivity contribution in [1.82, 2.24) is 9.78 Å². The number of aromatic nitrogens is 2. The van der Waals surface area contributed by atoms with Crippen LogP contribution in [0, 0.1) is 0 Å². The highest BCUT2D eigenvalue weighted by Crippen LogP contribution is 2.20. The Kier molecular flexibility index (Phi) is 1.92. The Balaban J connectivity index is 2.86. The van der Waals surface area contributed by atoms with Crippen LogP contribution in [0.5, 0.6) is 0 Å². The van der Waals surface area contributed by atoms with Crippen molar-refractivity contribution in [2.75, 3.05) is 0 Å². The Morgan fingerprint density at radius 2 is 2.31 bits per heavy atom. The molecule has 0 aliphatic rings.